The highest BCUT2D eigenvalue weighted by Gasteiger charge is 2.49. The lowest BCUT2D eigenvalue weighted by atomic mass is 9.82. The molecule has 32 heavy (non-hydrogen) atoms. The van der Waals surface area contributed by atoms with Gasteiger partial charge in [0.25, 0.3) is 0 Å². The van der Waals surface area contributed by atoms with Crippen molar-refractivity contribution < 1.29 is 28.6 Å². The van der Waals surface area contributed by atoms with Crippen molar-refractivity contribution >= 4 is 29.6 Å². The molecule has 1 amide bonds. The van der Waals surface area contributed by atoms with E-state index in [2.05, 4.69) is 0 Å². The lowest BCUT2D eigenvalue weighted by molar-refractivity contribution is -0.140. The molecule has 0 aliphatic carbocycles. The number of benzene rings is 1. The van der Waals surface area contributed by atoms with Crippen molar-refractivity contribution in [2.45, 2.75) is 44.8 Å². The van der Waals surface area contributed by atoms with E-state index in [0.717, 1.165) is 6.42 Å². The van der Waals surface area contributed by atoms with Crippen LogP contribution in [-0.2, 0) is 23.9 Å². The summed E-state index contributed by atoms with van der Waals surface area (Å²) in [5, 5.41) is -0.0654. The van der Waals surface area contributed by atoms with Crippen molar-refractivity contribution in [1.29, 1.82) is 0 Å². The van der Waals surface area contributed by atoms with Crippen LogP contribution in [0.15, 0.2) is 46.3 Å². The molecule has 0 bridgehead atoms. The van der Waals surface area contributed by atoms with Crippen molar-refractivity contribution in [3.63, 3.8) is 0 Å². The van der Waals surface area contributed by atoms with Gasteiger partial charge in [-0.05, 0) is 38.0 Å². The van der Waals surface area contributed by atoms with E-state index in [1.165, 1.54) is 16.7 Å². The number of hydrogen-bond donors (Lipinski definition) is 1. The van der Waals surface area contributed by atoms with Gasteiger partial charge in [-0.2, -0.15) is 0 Å². The predicted octanol–water partition coefficient (Wildman–Crippen LogP) is 3.04. The Morgan fingerprint density at radius 3 is 2.34 bits per heavy atom. The number of unbranched alkanes of at least 4 members (excludes halogenated alkanes) is 1. The minimum atomic E-state index is -0.842. The number of nitrogens with two attached hydrogens (primary N) is 1. The van der Waals surface area contributed by atoms with E-state index in [9.17, 15) is 14.4 Å². The third-order valence-electron chi connectivity index (χ3n) is 5.28. The van der Waals surface area contributed by atoms with Crippen LogP contribution < -0.4 is 10.5 Å². The van der Waals surface area contributed by atoms with Crippen molar-refractivity contribution in [2.24, 2.45) is 5.73 Å². The number of nitrogens with zero attached hydrogens (tertiary/aromatic N) is 1. The molecule has 2 aliphatic rings. The average molecular weight is 461 g/mol. The summed E-state index contributed by atoms with van der Waals surface area (Å²) in [5.41, 5.74) is 7.30. The molecule has 0 radical (unpaired) electrons. The highest BCUT2D eigenvalue weighted by atomic mass is 32.2. The number of esters is 2. The molecular weight excluding hydrogens is 432 g/mol. The zero-order chi connectivity index (χ0) is 23.4. The fourth-order valence-electron chi connectivity index (χ4n) is 3.65. The van der Waals surface area contributed by atoms with Crippen LogP contribution in [0, 0.1) is 0 Å². The summed E-state index contributed by atoms with van der Waals surface area (Å²) >= 11 is 1.23. The molecule has 0 aromatic heterocycles. The van der Waals surface area contributed by atoms with E-state index >= 15 is 0 Å². The standard InChI is InChI=1S/C23H28N2O6S/c1-5-7-12-31-22(27)17-16(14-8-10-15(29-4)11-9-14)18(23(28)30-6-2)21-25(19(17)24)20(26)13(3)32-21/h8-11,13,16H,5-7,12,24H2,1-4H3. The van der Waals surface area contributed by atoms with Gasteiger partial charge in [-0.25, -0.2) is 9.59 Å². The molecule has 172 valence electrons. The molecule has 8 nitrogen and oxygen atoms in total. The van der Waals surface area contributed by atoms with Gasteiger partial charge in [0.1, 0.15) is 11.6 Å². The number of hydrogen-bond acceptors (Lipinski definition) is 8. The zero-order valence-electron chi connectivity index (χ0n) is 18.7. The quantitative estimate of drug-likeness (QED) is 0.466. The molecule has 0 saturated carbocycles. The fraction of sp³-hybridized carbons (Fsp3) is 0.435. The summed E-state index contributed by atoms with van der Waals surface area (Å²) < 4.78 is 16.0. The van der Waals surface area contributed by atoms with Gasteiger partial charge < -0.3 is 19.9 Å². The second-order valence-corrected chi connectivity index (χ2v) is 8.70. The fourth-order valence-corrected chi connectivity index (χ4v) is 4.82. The van der Waals surface area contributed by atoms with Crippen LogP contribution in [-0.4, -0.2) is 48.3 Å². The van der Waals surface area contributed by atoms with Crippen LogP contribution >= 0.6 is 11.8 Å². The molecule has 1 aromatic carbocycles. The highest BCUT2D eigenvalue weighted by molar-refractivity contribution is 8.04. The third-order valence-corrected chi connectivity index (χ3v) is 6.46. The van der Waals surface area contributed by atoms with E-state index in [1.807, 2.05) is 6.92 Å². The first-order valence-corrected chi connectivity index (χ1v) is 11.5. The number of amides is 1. The molecule has 1 aromatic rings. The van der Waals surface area contributed by atoms with Gasteiger partial charge in [0.15, 0.2) is 0 Å². The Balaban J connectivity index is 2.20. The van der Waals surface area contributed by atoms with E-state index < -0.39 is 23.1 Å². The third kappa shape index (κ3) is 4.34. The molecule has 2 aliphatic heterocycles. The maximum atomic E-state index is 13.2. The van der Waals surface area contributed by atoms with Crippen LogP contribution in [0.1, 0.15) is 45.1 Å². The molecule has 2 unspecified atom stereocenters. The van der Waals surface area contributed by atoms with Crippen LogP contribution in [0.5, 0.6) is 5.75 Å². The summed E-state index contributed by atoms with van der Waals surface area (Å²) in [6.07, 6.45) is 1.54. The van der Waals surface area contributed by atoms with Crippen LogP contribution in [0.3, 0.4) is 0 Å². The first kappa shape index (κ1) is 23.7. The van der Waals surface area contributed by atoms with Crippen LogP contribution in [0.4, 0.5) is 0 Å². The first-order valence-electron chi connectivity index (χ1n) is 10.6. The molecule has 1 saturated heterocycles. The summed E-state index contributed by atoms with van der Waals surface area (Å²) in [4.78, 5) is 40.4. The number of thioether (sulfide) groups is 1. The largest absolute Gasteiger partial charge is 0.497 e. The van der Waals surface area contributed by atoms with E-state index in [1.54, 1.807) is 45.2 Å². The number of rotatable bonds is 8. The van der Waals surface area contributed by atoms with Gasteiger partial charge in [-0.1, -0.05) is 37.2 Å². The Bertz CT molecular complexity index is 969. The van der Waals surface area contributed by atoms with Gasteiger partial charge in [-0.15, -0.1) is 0 Å². The maximum Gasteiger partial charge on any atom is 0.338 e. The molecule has 0 spiro atoms. The van der Waals surface area contributed by atoms with Crippen molar-refractivity contribution in [3.8, 4) is 5.75 Å². The number of carbonyl (C=O) groups excluding carboxylic acids is 3. The van der Waals surface area contributed by atoms with E-state index in [4.69, 9.17) is 19.9 Å². The number of ether oxygens (including phenoxy) is 3. The zero-order valence-corrected chi connectivity index (χ0v) is 19.5. The lowest BCUT2D eigenvalue weighted by Crippen LogP contribution is -2.40. The van der Waals surface area contributed by atoms with Gasteiger partial charge in [0, 0.05) is 0 Å². The minimum Gasteiger partial charge on any atom is -0.497 e. The second-order valence-electron chi connectivity index (χ2n) is 7.37. The van der Waals surface area contributed by atoms with Gasteiger partial charge in [0.05, 0.1) is 47.7 Å². The molecule has 2 atom stereocenters. The smallest absolute Gasteiger partial charge is 0.338 e. The summed E-state index contributed by atoms with van der Waals surface area (Å²) in [5.74, 6) is -1.79. The monoisotopic (exact) mass is 460 g/mol. The molecule has 2 N–H and O–H groups in total. The summed E-state index contributed by atoms with van der Waals surface area (Å²) in [7, 11) is 1.55. The van der Waals surface area contributed by atoms with Crippen molar-refractivity contribution in [2.75, 3.05) is 20.3 Å². The van der Waals surface area contributed by atoms with Gasteiger partial charge >= 0.3 is 11.9 Å². The van der Waals surface area contributed by atoms with Crippen LogP contribution in [0.25, 0.3) is 0 Å². The molecule has 3 rings (SSSR count). The highest BCUT2D eigenvalue weighted by Crippen LogP contribution is 2.49. The Morgan fingerprint density at radius 1 is 1.09 bits per heavy atom. The number of fused-ring (bicyclic) bond motifs is 1. The summed E-state index contributed by atoms with van der Waals surface area (Å²) in [6, 6.07) is 6.99. The Hall–Kier alpha value is -2.94. The van der Waals surface area contributed by atoms with Crippen molar-refractivity contribution in [1.82, 2.24) is 4.90 Å². The lowest BCUT2D eigenvalue weighted by Gasteiger charge is -2.33. The first-order chi connectivity index (χ1) is 15.3. The topological polar surface area (TPSA) is 108 Å². The SMILES string of the molecule is CCCCOC(=O)C1=C(N)N2C(=O)C(C)SC2=C(C(=O)OCC)C1c1ccc(OC)cc1. The molecule has 9 heteroatoms. The van der Waals surface area contributed by atoms with E-state index in [0.29, 0.717) is 22.8 Å². The minimum absolute atomic E-state index is 0.0165. The normalized spacial score (nSPS) is 20.4. The number of methoxy groups -OCH3 is 1. The summed E-state index contributed by atoms with van der Waals surface area (Å²) in [6.45, 7) is 5.78. The molecule has 2 heterocycles. The average Bonchev–Trinajstić information content (AvgIpc) is 3.08. The van der Waals surface area contributed by atoms with E-state index in [-0.39, 0.29) is 36.1 Å². The second kappa shape index (κ2) is 10.1. The van der Waals surface area contributed by atoms with Crippen molar-refractivity contribution in [3.05, 3.63) is 51.8 Å². The van der Waals surface area contributed by atoms with Gasteiger partial charge in [0.2, 0.25) is 5.91 Å². The maximum absolute atomic E-state index is 13.2. The molecular formula is C23H28N2O6S. The predicted molar refractivity (Wildman–Crippen MR) is 120 cm³/mol. The molecule has 1 fully saturated rings. The Kier molecular flexibility index (Phi) is 7.50. The van der Waals surface area contributed by atoms with Gasteiger partial charge in [-0.3, -0.25) is 9.69 Å². The Morgan fingerprint density at radius 2 is 1.75 bits per heavy atom. The Labute approximate surface area is 191 Å². The number of carbonyl (C=O) groups is 3. The van der Waals surface area contributed by atoms with Crippen LogP contribution in [0.2, 0.25) is 0 Å².